The quantitative estimate of drug-likeness (QED) is 0.162. The number of rotatable bonds is 8. The van der Waals surface area contributed by atoms with Crippen molar-refractivity contribution < 1.29 is 14.1 Å². The van der Waals surface area contributed by atoms with Crippen molar-refractivity contribution in [2.24, 2.45) is 0 Å². The summed E-state index contributed by atoms with van der Waals surface area (Å²) in [4.78, 5) is 23.1. The van der Waals surface area contributed by atoms with Crippen LogP contribution in [-0.2, 0) is 12.3 Å². The minimum atomic E-state index is -0.589. The van der Waals surface area contributed by atoms with Crippen LogP contribution in [0.15, 0.2) is 65.8 Å². The second-order valence-electron chi connectivity index (χ2n) is 7.68. The molecule has 184 valence electrons. The van der Waals surface area contributed by atoms with Crippen molar-refractivity contribution in [2.45, 2.75) is 24.4 Å². The Morgan fingerprint density at radius 2 is 1.86 bits per heavy atom. The van der Waals surface area contributed by atoms with Crippen LogP contribution in [0.5, 0.6) is 0 Å². The first-order valence-corrected chi connectivity index (χ1v) is 12.3. The van der Waals surface area contributed by atoms with E-state index < -0.39 is 10.8 Å². The SMILES string of the molecule is Cc1ccc(Cl)cc1-n1c(CNC(=O)c2ccc([N+](=O)[O-])cc2Cl)nnc1SCc1ccc(F)cc1. The van der Waals surface area contributed by atoms with E-state index in [9.17, 15) is 19.3 Å². The van der Waals surface area contributed by atoms with E-state index in [2.05, 4.69) is 15.5 Å². The van der Waals surface area contributed by atoms with Crippen LogP contribution in [0.2, 0.25) is 10.0 Å². The lowest BCUT2D eigenvalue weighted by Gasteiger charge is -2.14. The van der Waals surface area contributed by atoms with Crippen molar-refractivity contribution in [3.63, 3.8) is 0 Å². The number of aromatic nitrogens is 3. The fourth-order valence-electron chi connectivity index (χ4n) is 3.36. The lowest BCUT2D eigenvalue weighted by atomic mass is 10.2. The van der Waals surface area contributed by atoms with E-state index in [-0.39, 0.29) is 28.6 Å². The van der Waals surface area contributed by atoms with Crippen LogP contribution in [0.25, 0.3) is 5.69 Å². The van der Waals surface area contributed by atoms with Gasteiger partial charge < -0.3 is 5.32 Å². The zero-order valence-corrected chi connectivity index (χ0v) is 21.1. The smallest absolute Gasteiger partial charge is 0.270 e. The molecule has 0 aliphatic heterocycles. The van der Waals surface area contributed by atoms with E-state index in [0.717, 1.165) is 22.9 Å². The molecule has 3 aromatic carbocycles. The highest BCUT2D eigenvalue weighted by molar-refractivity contribution is 7.98. The number of nitrogens with one attached hydrogen (secondary N) is 1. The van der Waals surface area contributed by atoms with Crippen molar-refractivity contribution in [2.75, 3.05) is 0 Å². The summed E-state index contributed by atoms with van der Waals surface area (Å²) in [5.41, 5.74) is 2.44. The third-order valence-corrected chi connectivity index (χ3v) is 6.76. The molecule has 0 saturated carbocycles. The molecule has 0 saturated heterocycles. The van der Waals surface area contributed by atoms with Gasteiger partial charge in [0.2, 0.25) is 0 Å². The molecule has 0 fully saturated rings. The van der Waals surface area contributed by atoms with Gasteiger partial charge in [-0.05, 0) is 48.4 Å². The van der Waals surface area contributed by atoms with Gasteiger partial charge in [0, 0.05) is 22.9 Å². The van der Waals surface area contributed by atoms with Crippen LogP contribution in [0.1, 0.15) is 27.3 Å². The maximum Gasteiger partial charge on any atom is 0.270 e. The van der Waals surface area contributed by atoms with E-state index in [1.807, 2.05) is 13.0 Å². The predicted octanol–water partition coefficient (Wildman–Crippen LogP) is 6.15. The highest BCUT2D eigenvalue weighted by Crippen LogP contribution is 2.29. The van der Waals surface area contributed by atoms with E-state index >= 15 is 0 Å². The summed E-state index contributed by atoms with van der Waals surface area (Å²) in [6, 6.07) is 15.2. The average molecular weight is 546 g/mol. The van der Waals surface area contributed by atoms with Crippen LogP contribution in [0.4, 0.5) is 10.1 Å². The number of hydrogen-bond acceptors (Lipinski definition) is 6. The molecule has 1 N–H and O–H groups in total. The number of amides is 1. The topological polar surface area (TPSA) is 103 Å². The number of non-ortho nitro benzene ring substituents is 1. The molecule has 0 radical (unpaired) electrons. The van der Waals surface area contributed by atoms with E-state index in [1.165, 1.54) is 36.0 Å². The summed E-state index contributed by atoms with van der Waals surface area (Å²) < 4.78 is 15.1. The summed E-state index contributed by atoms with van der Waals surface area (Å²) in [7, 11) is 0. The lowest BCUT2D eigenvalue weighted by molar-refractivity contribution is -0.384. The van der Waals surface area contributed by atoms with Gasteiger partial charge in [-0.1, -0.05) is 53.2 Å². The van der Waals surface area contributed by atoms with Crippen LogP contribution >= 0.6 is 35.0 Å². The monoisotopic (exact) mass is 545 g/mol. The molecule has 12 heteroatoms. The van der Waals surface area contributed by atoms with Gasteiger partial charge in [0.05, 0.1) is 27.7 Å². The van der Waals surface area contributed by atoms with E-state index in [4.69, 9.17) is 23.2 Å². The minimum absolute atomic E-state index is 0.00219. The first-order chi connectivity index (χ1) is 17.2. The maximum absolute atomic E-state index is 13.3. The van der Waals surface area contributed by atoms with Gasteiger partial charge in [-0.2, -0.15) is 0 Å². The second kappa shape index (κ2) is 11.1. The average Bonchev–Trinajstić information content (AvgIpc) is 3.26. The molecule has 1 aromatic heterocycles. The molecular formula is C24H18Cl2FN5O3S. The van der Waals surface area contributed by atoms with Crippen LogP contribution in [0, 0.1) is 22.9 Å². The van der Waals surface area contributed by atoms with Gasteiger partial charge in [-0.15, -0.1) is 10.2 Å². The molecule has 8 nitrogen and oxygen atoms in total. The third-order valence-electron chi connectivity index (χ3n) is 5.21. The Bertz CT molecular complexity index is 1450. The van der Waals surface area contributed by atoms with Crippen molar-refractivity contribution in [3.8, 4) is 5.69 Å². The lowest BCUT2D eigenvalue weighted by Crippen LogP contribution is -2.25. The molecule has 0 bridgehead atoms. The van der Waals surface area contributed by atoms with Crippen LogP contribution in [0.3, 0.4) is 0 Å². The Hall–Kier alpha value is -3.47. The highest BCUT2D eigenvalue weighted by atomic mass is 35.5. The van der Waals surface area contributed by atoms with Crippen molar-refractivity contribution in [1.82, 2.24) is 20.1 Å². The van der Waals surface area contributed by atoms with Crippen LogP contribution < -0.4 is 5.32 Å². The van der Waals surface area contributed by atoms with Gasteiger partial charge in [-0.25, -0.2) is 4.39 Å². The molecule has 0 aliphatic carbocycles. The molecule has 1 heterocycles. The highest BCUT2D eigenvalue weighted by Gasteiger charge is 2.19. The van der Waals surface area contributed by atoms with E-state index in [1.54, 1.807) is 28.8 Å². The maximum atomic E-state index is 13.3. The molecule has 0 spiro atoms. The number of thioether (sulfide) groups is 1. The number of nitro benzene ring substituents is 1. The molecule has 0 aliphatic rings. The largest absolute Gasteiger partial charge is 0.345 e. The number of nitro groups is 1. The molecule has 0 unspecified atom stereocenters. The standard InChI is InChI=1S/C24H18Cl2FN5O3S/c1-14-2-5-16(25)10-21(14)31-22(29-30-24(31)36-13-15-3-6-17(27)7-4-15)12-28-23(33)19-9-8-18(32(34)35)11-20(19)26/h2-11H,12-13H2,1H3,(H,28,33). The Kier molecular flexibility index (Phi) is 7.88. The molecular weight excluding hydrogens is 528 g/mol. The molecule has 4 aromatic rings. The van der Waals surface area contributed by atoms with Gasteiger partial charge in [0.1, 0.15) is 5.82 Å². The third kappa shape index (κ3) is 5.84. The summed E-state index contributed by atoms with van der Waals surface area (Å²) >= 11 is 13.7. The summed E-state index contributed by atoms with van der Waals surface area (Å²) in [5.74, 6) is 0.122. The number of halogens is 3. The fraction of sp³-hybridized carbons (Fsp3) is 0.125. The van der Waals surface area contributed by atoms with Gasteiger partial charge in [0.25, 0.3) is 11.6 Å². The number of carbonyl (C=O) groups excluding carboxylic acids is 1. The molecule has 0 atom stereocenters. The predicted molar refractivity (Wildman–Crippen MR) is 136 cm³/mol. The Morgan fingerprint density at radius 3 is 2.56 bits per heavy atom. The summed E-state index contributed by atoms with van der Waals surface area (Å²) in [5, 5.41) is 23.3. The molecule has 36 heavy (non-hydrogen) atoms. The number of carbonyl (C=O) groups is 1. The Labute approximate surface area is 219 Å². The van der Waals surface area contributed by atoms with Crippen molar-refractivity contribution in [3.05, 3.63) is 109 Å². The fourth-order valence-corrected chi connectivity index (χ4v) is 4.71. The van der Waals surface area contributed by atoms with Gasteiger partial charge >= 0.3 is 0 Å². The number of hydrogen-bond donors (Lipinski definition) is 1. The molecule has 1 amide bonds. The number of benzene rings is 3. The minimum Gasteiger partial charge on any atom is -0.345 e. The van der Waals surface area contributed by atoms with E-state index in [0.29, 0.717) is 21.8 Å². The van der Waals surface area contributed by atoms with Crippen molar-refractivity contribution >= 4 is 46.6 Å². The first-order valence-electron chi connectivity index (χ1n) is 10.5. The Morgan fingerprint density at radius 1 is 1.11 bits per heavy atom. The number of aryl methyl sites for hydroxylation is 1. The van der Waals surface area contributed by atoms with Gasteiger partial charge in [-0.3, -0.25) is 19.5 Å². The summed E-state index contributed by atoms with van der Waals surface area (Å²) in [6.07, 6.45) is 0. The second-order valence-corrected chi connectivity index (χ2v) is 9.47. The number of nitrogens with zero attached hydrogens (tertiary/aromatic N) is 4. The molecule has 4 rings (SSSR count). The van der Waals surface area contributed by atoms with Crippen molar-refractivity contribution in [1.29, 1.82) is 0 Å². The normalized spacial score (nSPS) is 10.9. The Balaban J connectivity index is 1.60. The first kappa shape index (κ1) is 25.6. The zero-order chi connectivity index (χ0) is 25.8. The zero-order valence-electron chi connectivity index (χ0n) is 18.7. The summed E-state index contributed by atoms with van der Waals surface area (Å²) in [6.45, 7) is 1.92. The van der Waals surface area contributed by atoms with Gasteiger partial charge in [0.15, 0.2) is 11.0 Å². The van der Waals surface area contributed by atoms with Crippen LogP contribution in [-0.4, -0.2) is 25.6 Å².